The summed E-state index contributed by atoms with van der Waals surface area (Å²) >= 11 is 0. The van der Waals surface area contributed by atoms with Gasteiger partial charge in [-0.1, -0.05) is 39.0 Å². The molecule has 0 unspecified atom stereocenters. The number of aldehydes is 1. The maximum Gasteiger partial charge on any atom is 0.311 e. The third kappa shape index (κ3) is 7.94. The first-order chi connectivity index (χ1) is 13.2. The lowest BCUT2D eigenvalue weighted by Gasteiger charge is -2.04. The Labute approximate surface area is 160 Å². The van der Waals surface area contributed by atoms with E-state index in [1.54, 1.807) is 48.5 Å². The fourth-order valence-corrected chi connectivity index (χ4v) is 2.55. The van der Waals surface area contributed by atoms with E-state index < -0.39 is 0 Å². The standard InChI is InChI=1S/C22H26N2O3/c1-2-3-4-5-6-7-8-22(26)27-21-15-13-20(14-16-21)24-23-19-11-9-18(17-25)10-12-19/h9-17H,2-8H2,1H3. The van der Waals surface area contributed by atoms with Crippen LogP contribution in [0.15, 0.2) is 58.8 Å². The smallest absolute Gasteiger partial charge is 0.311 e. The molecule has 0 saturated heterocycles. The molecule has 5 heteroatoms. The van der Waals surface area contributed by atoms with E-state index in [4.69, 9.17) is 4.74 Å². The highest BCUT2D eigenvalue weighted by molar-refractivity contribution is 5.75. The van der Waals surface area contributed by atoms with Gasteiger partial charge in [-0.3, -0.25) is 9.59 Å². The molecule has 0 aliphatic rings. The van der Waals surface area contributed by atoms with E-state index in [1.165, 1.54) is 25.7 Å². The first-order valence-electron chi connectivity index (χ1n) is 9.49. The summed E-state index contributed by atoms with van der Waals surface area (Å²) in [5, 5.41) is 8.25. The molecule has 0 heterocycles. The normalized spacial score (nSPS) is 10.9. The zero-order valence-electron chi connectivity index (χ0n) is 15.8. The Hall–Kier alpha value is -2.82. The van der Waals surface area contributed by atoms with Gasteiger partial charge in [-0.25, -0.2) is 0 Å². The highest BCUT2D eigenvalue weighted by Crippen LogP contribution is 2.22. The third-order valence-corrected chi connectivity index (χ3v) is 4.11. The summed E-state index contributed by atoms with van der Waals surface area (Å²) < 4.78 is 5.34. The van der Waals surface area contributed by atoms with Crippen LogP contribution in [0.4, 0.5) is 11.4 Å². The number of hydrogen-bond donors (Lipinski definition) is 0. The highest BCUT2D eigenvalue weighted by atomic mass is 16.5. The van der Waals surface area contributed by atoms with Crippen LogP contribution < -0.4 is 4.74 Å². The van der Waals surface area contributed by atoms with Crippen molar-refractivity contribution in [2.24, 2.45) is 10.2 Å². The number of esters is 1. The average Bonchev–Trinajstić information content (AvgIpc) is 2.70. The van der Waals surface area contributed by atoms with Crippen molar-refractivity contribution in [1.82, 2.24) is 0 Å². The average molecular weight is 366 g/mol. The van der Waals surface area contributed by atoms with Crippen LogP contribution in [0.5, 0.6) is 5.75 Å². The molecular weight excluding hydrogens is 340 g/mol. The lowest BCUT2D eigenvalue weighted by Crippen LogP contribution is -2.07. The zero-order chi connectivity index (χ0) is 19.3. The second-order valence-electron chi connectivity index (χ2n) is 6.40. The van der Waals surface area contributed by atoms with Gasteiger partial charge in [0.25, 0.3) is 0 Å². The summed E-state index contributed by atoms with van der Waals surface area (Å²) in [6.07, 6.45) is 8.08. The fraction of sp³-hybridized carbons (Fsp3) is 0.364. The predicted octanol–water partition coefficient (Wildman–Crippen LogP) is 6.57. The molecule has 0 N–H and O–H groups in total. The van der Waals surface area contributed by atoms with Crippen molar-refractivity contribution in [2.75, 3.05) is 0 Å². The monoisotopic (exact) mass is 366 g/mol. The van der Waals surface area contributed by atoms with Crippen molar-refractivity contribution >= 4 is 23.6 Å². The van der Waals surface area contributed by atoms with E-state index in [9.17, 15) is 9.59 Å². The molecule has 0 saturated carbocycles. The molecule has 2 rings (SSSR count). The lowest BCUT2D eigenvalue weighted by molar-refractivity contribution is -0.134. The van der Waals surface area contributed by atoms with Gasteiger partial charge in [-0.2, -0.15) is 10.2 Å². The van der Waals surface area contributed by atoms with Crippen molar-refractivity contribution < 1.29 is 14.3 Å². The molecular formula is C22H26N2O3. The Balaban J connectivity index is 1.76. The van der Waals surface area contributed by atoms with E-state index >= 15 is 0 Å². The van der Waals surface area contributed by atoms with E-state index in [2.05, 4.69) is 17.2 Å². The predicted molar refractivity (Wildman–Crippen MR) is 106 cm³/mol. The Kier molecular flexibility index (Phi) is 8.90. The van der Waals surface area contributed by atoms with Gasteiger partial charge in [0, 0.05) is 12.0 Å². The van der Waals surface area contributed by atoms with Crippen molar-refractivity contribution in [3.05, 3.63) is 54.1 Å². The highest BCUT2D eigenvalue weighted by Gasteiger charge is 2.05. The van der Waals surface area contributed by atoms with Crippen LogP contribution in [0.3, 0.4) is 0 Å². The minimum absolute atomic E-state index is 0.199. The maximum atomic E-state index is 11.9. The Morgan fingerprint density at radius 2 is 1.41 bits per heavy atom. The first kappa shape index (κ1) is 20.5. The SMILES string of the molecule is CCCCCCCCC(=O)Oc1ccc(N=Nc2ccc(C=O)cc2)cc1. The summed E-state index contributed by atoms with van der Waals surface area (Å²) in [6.45, 7) is 2.19. The van der Waals surface area contributed by atoms with Crippen LogP contribution in [-0.2, 0) is 4.79 Å². The minimum atomic E-state index is -0.199. The van der Waals surface area contributed by atoms with Gasteiger partial charge in [0.15, 0.2) is 0 Å². The number of unbranched alkanes of at least 4 members (excludes halogenated alkanes) is 5. The second-order valence-corrected chi connectivity index (χ2v) is 6.40. The van der Waals surface area contributed by atoms with Gasteiger partial charge in [-0.15, -0.1) is 0 Å². The number of rotatable bonds is 11. The van der Waals surface area contributed by atoms with Crippen LogP contribution in [0, 0.1) is 0 Å². The zero-order valence-corrected chi connectivity index (χ0v) is 15.8. The summed E-state index contributed by atoms with van der Waals surface area (Å²) in [5.41, 5.74) is 1.92. The molecule has 0 fully saturated rings. The number of ether oxygens (including phenoxy) is 1. The topological polar surface area (TPSA) is 68.1 Å². The Bertz CT molecular complexity index is 737. The fourth-order valence-electron chi connectivity index (χ4n) is 2.55. The van der Waals surface area contributed by atoms with Crippen molar-refractivity contribution in [3.8, 4) is 5.75 Å². The Morgan fingerprint density at radius 3 is 2.00 bits per heavy atom. The molecule has 142 valence electrons. The molecule has 0 aliphatic heterocycles. The molecule has 0 radical (unpaired) electrons. The first-order valence-corrected chi connectivity index (χ1v) is 9.49. The number of benzene rings is 2. The molecule has 2 aromatic carbocycles. The molecule has 0 amide bonds. The van der Waals surface area contributed by atoms with Gasteiger partial charge < -0.3 is 4.74 Å². The molecule has 5 nitrogen and oxygen atoms in total. The second kappa shape index (κ2) is 11.7. The van der Waals surface area contributed by atoms with E-state index in [-0.39, 0.29) is 5.97 Å². The molecule has 2 aromatic rings. The van der Waals surface area contributed by atoms with Crippen molar-refractivity contribution in [1.29, 1.82) is 0 Å². The van der Waals surface area contributed by atoms with E-state index in [0.717, 1.165) is 19.1 Å². The van der Waals surface area contributed by atoms with Crippen molar-refractivity contribution in [3.63, 3.8) is 0 Å². The van der Waals surface area contributed by atoms with Crippen LogP contribution >= 0.6 is 0 Å². The third-order valence-electron chi connectivity index (χ3n) is 4.11. The molecule has 0 atom stereocenters. The summed E-state index contributed by atoms with van der Waals surface area (Å²) in [5.74, 6) is 0.315. The van der Waals surface area contributed by atoms with Gasteiger partial charge in [0.05, 0.1) is 11.4 Å². The minimum Gasteiger partial charge on any atom is -0.427 e. The van der Waals surface area contributed by atoms with Gasteiger partial charge in [0.2, 0.25) is 0 Å². The number of carbonyl (C=O) groups is 2. The molecule has 27 heavy (non-hydrogen) atoms. The lowest BCUT2D eigenvalue weighted by atomic mass is 10.1. The largest absolute Gasteiger partial charge is 0.427 e. The van der Waals surface area contributed by atoms with Gasteiger partial charge in [0.1, 0.15) is 12.0 Å². The van der Waals surface area contributed by atoms with Crippen LogP contribution in [0.2, 0.25) is 0 Å². The number of carbonyl (C=O) groups excluding carboxylic acids is 2. The Morgan fingerprint density at radius 1 is 0.852 bits per heavy atom. The van der Waals surface area contributed by atoms with Crippen molar-refractivity contribution in [2.45, 2.75) is 51.9 Å². The van der Waals surface area contributed by atoms with Gasteiger partial charge in [-0.05, 0) is 55.0 Å². The molecule has 0 spiro atoms. The quantitative estimate of drug-likeness (QED) is 0.148. The summed E-state index contributed by atoms with van der Waals surface area (Å²) in [7, 11) is 0. The molecule has 0 aliphatic carbocycles. The van der Waals surface area contributed by atoms with Crippen LogP contribution in [0.25, 0.3) is 0 Å². The number of hydrogen-bond acceptors (Lipinski definition) is 5. The van der Waals surface area contributed by atoms with E-state index in [1.807, 2.05) is 0 Å². The maximum absolute atomic E-state index is 11.9. The summed E-state index contributed by atoms with van der Waals surface area (Å²) in [4.78, 5) is 22.5. The van der Waals surface area contributed by atoms with Crippen LogP contribution in [-0.4, -0.2) is 12.3 Å². The number of nitrogens with zero attached hydrogens (tertiary/aromatic N) is 2. The van der Waals surface area contributed by atoms with E-state index in [0.29, 0.717) is 29.1 Å². The molecule has 0 aromatic heterocycles. The summed E-state index contributed by atoms with van der Waals surface area (Å²) in [6, 6.07) is 13.7. The van der Waals surface area contributed by atoms with Crippen LogP contribution in [0.1, 0.15) is 62.2 Å². The van der Waals surface area contributed by atoms with Gasteiger partial charge >= 0.3 is 5.97 Å². The molecule has 0 bridgehead atoms. The number of azo groups is 1.